The van der Waals surface area contributed by atoms with Crippen molar-refractivity contribution in [3.63, 3.8) is 0 Å². The molecule has 0 heterocycles. The molecule has 0 spiro atoms. The summed E-state index contributed by atoms with van der Waals surface area (Å²) in [5, 5.41) is 2.80. The number of nitrogens with one attached hydrogen (secondary N) is 1. The van der Waals surface area contributed by atoms with E-state index >= 15 is 0 Å². The van der Waals surface area contributed by atoms with Gasteiger partial charge in [-0.25, -0.2) is 13.2 Å². The molecule has 7 nitrogen and oxygen atoms in total. The van der Waals surface area contributed by atoms with Crippen LogP contribution in [-0.2, 0) is 19.6 Å². The van der Waals surface area contributed by atoms with Gasteiger partial charge in [0.2, 0.25) is 10.0 Å². The van der Waals surface area contributed by atoms with E-state index in [2.05, 4.69) is 5.32 Å². The zero-order valence-electron chi connectivity index (χ0n) is 18.2. The van der Waals surface area contributed by atoms with Crippen molar-refractivity contribution < 1.29 is 22.7 Å². The molecule has 31 heavy (non-hydrogen) atoms. The minimum absolute atomic E-state index is 0.0332. The van der Waals surface area contributed by atoms with E-state index in [1.165, 1.54) is 29.4 Å². The van der Waals surface area contributed by atoms with Gasteiger partial charge in [0.15, 0.2) is 6.10 Å². The largest absolute Gasteiger partial charge is 0.449 e. The number of halogens is 1. The van der Waals surface area contributed by atoms with Crippen molar-refractivity contribution in [1.82, 2.24) is 4.31 Å². The first kappa shape index (κ1) is 24.8. The zero-order chi connectivity index (χ0) is 23.3. The molecule has 0 radical (unpaired) electrons. The predicted octanol–water partition coefficient (Wildman–Crippen LogP) is 4.17. The molecule has 1 unspecified atom stereocenters. The smallest absolute Gasteiger partial charge is 0.340 e. The molecule has 0 saturated heterocycles. The van der Waals surface area contributed by atoms with Crippen molar-refractivity contribution in [3.05, 3.63) is 58.1 Å². The fourth-order valence-electron chi connectivity index (χ4n) is 3.05. The van der Waals surface area contributed by atoms with Crippen LogP contribution in [-0.4, -0.2) is 43.8 Å². The topological polar surface area (TPSA) is 92.8 Å². The first-order valence-electron chi connectivity index (χ1n) is 9.90. The van der Waals surface area contributed by atoms with E-state index in [4.69, 9.17) is 16.3 Å². The highest BCUT2D eigenvalue weighted by Crippen LogP contribution is 2.25. The second-order valence-corrected chi connectivity index (χ2v) is 9.38. The van der Waals surface area contributed by atoms with E-state index in [9.17, 15) is 18.0 Å². The molecule has 0 saturated carbocycles. The van der Waals surface area contributed by atoms with Crippen LogP contribution in [0.15, 0.2) is 41.3 Å². The van der Waals surface area contributed by atoms with Crippen LogP contribution in [0.25, 0.3) is 0 Å². The van der Waals surface area contributed by atoms with E-state index in [0.717, 1.165) is 11.1 Å². The van der Waals surface area contributed by atoms with Gasteiger partial charge in [-0.1, -0.05) is 43.6 Å². The second-order valence-electron chi connectivity index (χ2n) is 7.03. The average molecular weight is 467 g/mol. The third kappa shape index (κ3) is 5.64. The van der Waals surface area contributed by atoms with E-state index in [-0.39, 0.29) is 28.6 Å². The number of hydrogen-bond acceptors (Lipinski definition) is 5. The van der Waals surface area contributed by atoms with Crippen molar-refractivity contribution in [2.24, 2.45) is 0 Å². The Morgan fingerprint density at radius 1 is 1.10 bits per heavy atom. The molecule has 1 atom stereocenters. The lowest BCUT2D eigenvalue weighted by molar-refractivity contribution is -0.123. The molecule has 2 rings (SSSR count). The van der Waals surface area contributed by atoms with Crippen molar-refractivity contribution in [2.75, 3.05) is 18.4 Å². The van der Waals surface area contributed by atoms with Crippen molar-refractivity contribution >= 4 is 39.2 Å². The molecule has 2 aromatic rings. The minimum Gasteiger partial charge on any atom is -0.449 e. The lowest BCUT2D eigenvalue weighted by atomic mass is 10.1. The van der Waals surface area contributed by atoms with Gasteiger partial charge in [0, 0.05) is 18.8 Å². The minimum atomic E-state index is -3.78. The Labute approximate surface area is 188 Å². The Kier molecular flexibility index (Phi) is 8.22. The number of ether oxygens (including phenoxy) is 1. The number of nitrogens with zero attached hydrogens (tertiary/aromatic N) is 1. The molecular weight excluding hydrogens is 440 g/mol. The summed E-state index contributed by atoms with van der Waals surface area (Å²) < 4.78 is 32.0. The molecule has 168 valence electrons. The van der Waals surface area contributed by atoms with Crippen LogP contribution in [0, 0.1) is 13.8 Å². The fourth-order valence-corrected chi connectivity index (χ4v) is 4.73. The first-order valence-corrected chi connectivity index (χ1v) is 11.7. The predicted molar refractivity (Wildman–Crippen MR) is 121 cm³/mol. The molecule has 1 amide bonds. The molecule has 0 aliphatic carbocycles. The summed E-state index contributed by atoms with van der Waals surface area (Å²) in [7, 11) is -3.78. The summed E-state index contributed by atoms with van der Waals surface area (Å²) in [6.45, 7) is 9.19. The van der Waals surface area contributed by atoms with Crippen LogP contribution in [0.3, 0.4) is 0 Å². The molecule has 0 aliphatic rings. The van der Waals surface area contributed by atoms with Gasteiger partial charge in [-0.2, -0.15) is 4.31 Å². The standard InChI is InChI=1S/C22H27ClN2O5S/c1-6-25(7-2)31(28,29)17-11-12-19(23)18(13-17)22(27)30-16(5)21(26)24-20-14(3)9-8-10-15(20)4/h8-13,16H,6-7H2,1-5H3,(H,24,26). The molecular formula is C22H27ClN2O5S. The Morgan fingerprint density at radius 3 is 2.23 bits per heavy atom. The van der Waals surface area contributed by atoms with E-state index in [1.807, 2.05) is 32.0 Å². The molecule has 0 bridgehead atoms. The van der Waals surface area contributed by atoms with Gasteiger partial charge in [0.25, 0.3) is 5.91 Å². The molecule has 0 fully saturated rings. The van der Waals surface area contributed by atoms with Crippen LogP contribution in [0.2, 0.25) is 5.02 Å². The number of para-hydroxylation sites is 1. The average Bonchev–Trinajstić information content (AvgIpc) is 2.71. The number of carbonyl (C=O) groups excluding carboxylic acids is 2. The third-order valence-corrected chi connectivity index (χ3v) is 7.26. The Bertz CT molecular complexity index is 1060. The van der Waals surface area contributed by atoms with Gasteiger partial charge in [0.05, 0.1) is 15.5 Å². The molecule has 1 N–H and O–H groups in total. The summed E-state index contributed by atoms with van der Waals surface area (Å²) in [5.74, 6) is -1.39. The molecule has 2 aromatic carbocycles. The number of esters is 1. The van der Waals surface area contributed by atoms with Gasteiger partial charge >= 0.3 is 5.97 Å². The maximum atomic E-state index is 12.7. The number of benzene rings is 2. The van der Waals surface area contributed by atoms with Gasteiger partial charge in [-0.05, 0) is 50.1 Å². The highest BCUT2D eigenvalue weighted by Gasteiger charge is 2.26. The molecule has 9 heteroatoms. The lowest BCUT2D eigenvalue weighted by Gasteiger charge is -2.19. The van der Waals surface area contributed by atoms with Gasteiger partial charge in [0.1, 0.15) is 0 Å². The van der Waals surface area contributed by atoms with Crippen molar-refractivity contribution in [1.29, 1.82) is 0 Å². The number of hydrogen-bond donors (Lipinski definition) is 1. The molecule has 0 aliphatic heterocycles. The number of carbonyl (C=O) groups is 2. The highest BCUT2D eigenvalue weighted by molar-refractivity contribution is 7.89. The van der Waals surface area contributed by atoms with Crippen LogP contribution in [0.5, 0.6) is 0 Å². The van der Waals surface area contributed by atoms with Gasteiger partial charge in [-0.3, -0.25) is 4.79 Å². The molecule has 0 aromatic heterocycles. The summed E-state index contributed by atoms with van der Waals surface area (Å²) in [6.07, 6.45) is -1.12. The number of aryl methyl sites for hydroxylation is 2. The maximum absolute atomic E-state index is 12.7. The Morgan fingerprint density at radius 2 is 1.68 bits per heavy atom. The Balaban J connectivity index is 2.22. The number of rotatable bonds is 8. The van der Waals surface area contributed by atoms with E-state index in [0.29, 0.717) is 5.69 Å². The van der Waals surface area contributed by atoms with Crippen LogP contribution in [0.1, 0.15) is 42.3 Å². The highest BCUT2D eigenvalue weighted by atomic mass is 35.5. The zero-order valence-corrected chi connectivity index (χ0v) is 19.8. The van der Waals surface area contributed by atoms with Crippen LogP contribution in [0.4, 0.5) is 5.69 Å². The Hall–Kier alpha value is -2.42. The fraction of sp³-hybridized carbons (Fsp3) is 0.364. The second kappa shape index (κ2) is 10.3. The van der Waals surface area contributed by atoms with E-state index in [1.54, 1.807) is 13.8 Å². The monoisotopic (exact) mass is 466 g/mol. The SMILES string of the molecule is CCN(CC)S(=O)(=O)c1ccc(Cl)c(C(=O)OC(C)C(=O)Nc2c(C)cccc2C)c1. The number of sulfonamides is 1. The van der Waals surface area contributed by atoms with Crippen LogP contribution < -0.4 is 5.32 Å². The normalized spacial score (nSPS) is 12.5. The van der Waals surface area contributed by atoms with Crippen molar-refractivity contribution in [3.8, 4) is 0 Å². The lowest BCUT2D eigenvalue weighted by Crippen LogP contribution is -2.31. The van der Waals surface area contributed by atoms with E-state index < -0.39 is 28.0 Å². The number of anilines is 1. The van der Waals surface area contributed by atoms with Gasteiger partial charge < -0.3 is 10.1 Å². The first-order chi connectivity index (χ1) is 14.5. The third-order valence-electron chi connectivity index (χ3n) is 4.88. The van der Waals surface area contributed by atoms with Crippen molar-refractivity contribution in [2.45, 2.75) is 45.6 Å². The van der Waals surface area contributed by atoms with Gasteiger partial charge in [-0.15, -0.1) is 0 Å². The summed E-state index contributed by atoms with van der Waals surface area (Å²) >= 11 is 6.11. The summed E-state index contributed by atoms with van der Waals surface area (Å²) in [4.78, 5) is 25.1. The van der Waals surface area contributed by atoms with Crippen LogP contribution >= 0.6 is 11.6 Å². The quantitative estimate of drug-likeness (QED) is 0.589. The summed E-state index contributed by atoms with van der Waals surface area (Å²) in [5.41, 5.74) is 2.29. The number of amides is 1. The summed E-state index contributed by atoms with van der Waals surface area (Å²) in [6, 6.07) is 9.45. The maximum Gasteiger partial charge on any atom is 0.340 e.